The molecular formula is C42H43BrN6O6. The molecule has 284 valence electrons. The molecule has 0 saturated heterocycles. The molecule has 0 spiro atoms. The van der Waals surface area contributed by atoms with E-state index < -0.39 is 11.9 Å². The first kappa shape index (κ1) is 37.2. The number of carbonyl (C=O) groups is 2. The lowest BCUT2D eigenvalue weighted by Gasteiger charge is -2.09. The van der Waals surface area contributed by atoms with Gasteiger partial charge in [-0.2, -0.15) is 0 Å². The lowest BCUT2D eigenvalue weighted by Crippen LogP contribution is -2.25. The number of nitrogens with zero attached hydrogens (tertiary/aromatic N) is 6. The number of aliphatic carboxylic acids is 2. The van der Waals surface area contributed by atoms with E-state index in [1.807, 2.05) is 86.9 Å². The van der Waals surface area contributed by atoms with Gasteiger partial charge < -0.3 is 19.3 Å². The van der Waals surface area contributed by atoms with Crippen LogP contribution < -0.4 is 11.4 Å². The van der Waals surface area contributed by atoms with Gasteiger partial charge in [-0.3, -0.25) is 27.9 Å². The number of hydrogen-bond donors (Lipinski definition) is 2. The van der Waals surface area contributed by atoms with Gasteiger partial charge in [0.25, 0.3) is 0 Å². The maximum atomic E-state index is 13.1. The van der Waals surface area contributed by atoms with Crippen molar-refractivity contribution in [3.8, 4) is 0 Å². The highest BCUT2D eigenvalue weighted by Crippen LogP contribution is 2.32. The fourth-order valence-corrected chi connectivity index (χ4v) is 8.48. The first-order valence-electron chi connectivity index (χ1n) is 17.9. The first-order valence-corrected chi connectivity index (χ1v) is 18.7. The number of carboxylic acid groups (broad SMARTS) is 2. The highest BCUT2D eigenvalue weighted by atomic mass is 79.9. The number of halogens is 1. The molecule has 4 aromatic heterocycles. The van der Waals surface area contributed by atoms with Crippen LogP contribution in [-0.4, -0.2) is 49.6 Å². The Bertz CT molecular complexity index is 2910. The number of aryl methyl sites for hydroxylation is 6. The van der Waals surface area contributed by atoms with Crippen molar-refractivity contribution < 1.29 is 21.2 Å². The summed E-state index contributed by atoms with van der Waals surface area (Å²) in [6.07, 6.45) is 4.00. The van der Waals surface area contributed by atoms with Crippen molar-refractivity contribution >= 4 is 71.7 Å². The van der Waals surface area contributed by atoms with Crippen LogP contribution in [0.2, 0.25) is 0 Å². The fourth-order valence-electron chi connectivity index (χ4n) is 7.87. The Morgan fingerprint density at radius 3 is 1.53 bits per heavy atom. The standard InChI is InChI=1S/C21H20BrN3O3.C21H21N3O3.H2/c1-13-11-23(2)20-15(22)8-7-14(19(13)20)12-25-17-6-4-3-5-16(17)24(21(25)28)10-9-18(26)27;1-14-12-22(2)18-9-5-6-15(20(14)18)13-24-17-8-4-3-7-16(17)23(21(24)27)11-10-19(25)26;/h3-8,11H,9-10,12H2,1-2H3,(H,26,27);3-9,12H,10-11,13H2,1-2H3,(H,25,26);1H. The molecule has 8 aromatic rings. The minimum Gasteiger partial charge on any atom is -0.481 e. The van der Waals surface area contributed by atoms with Gasteiger partial charge in [0.2, 0.25) is 0 Å². The third-order valence-electron chi connectivity index (χ3n) is 10.2. The number of benzene rings is 4. The number of fused-ring (bicyclic) bond motifs is 4. The van der Waals surface area contributed by atoms with Crippen LogP contribution in [0.5, 0.6) is 0 Å². The number of rotatable bonds is 10. The Labute approximate surface area is 325 Å². The van der Waals surface area contributed by atoms with Gasteiger partial charge in [0.1, 0.15) is 0 Å². The van der Waals surface area contributed by atoms with E-state index in [1.54, 1.807) is 18.3 Å². The van der Waals surface area contributed by atoms with Crippen molar-refractivity contribution in [1.29, 1.82) is 0 Å². The summed E-state index contributed by atoms with van der Waals surface area (Å²) >= 11 is 3.62. The molecule has 0 unspecified atom stereocenters. The number of imidazole rings is 2. The largest absolute Gasteiger partial charge is 0.481 e. The van der Waals surface area contributed by atoms with Gasteiger partial charge in [-0.1, -0.05) is 42.5 Å². The van der Waals surface area contributed by atoms with E-state index in [4.69, 9.17) is 10.2 Å². The van der Waals surface area contributed by atoms with Crippen LogP contribution in [0.3, 0.4) is 0 Å². The van der Waals surface area contributed by atoms with Crippen molar-refractivity contribution in [3.05, 3.63) is 139 Å². The average Bonchev–Trinajstić information content (AvgIpc) is 3.81. The summed E-state index contributed by atoms with van der Waals surface area (Å²) in [5.41, 5.74) is 9.46. The molecule has 0 amide bonds. The topological polar surface area (TPSA) is 138 Å². The molecule has 55 heavy (non-hydrogen) atoms. The lowest BCUT2D eigenvalue weighted by molar-refractivity contribution is -0.138. The smallest absolute Gasteiger partial charge is 0.329 e. The summed E-state index contributed by atoms with van der Waals surface area (Å²) in [6, 6.07) is 25.2. The van der Waals surface area contributed by atoms with E-state index in [9.17, 15) is 19.2 Å². The molecule has 13 heteroatoms. The summed E-state index contributed by atoms with van der Waals surface area (Å²) in [5, 5.41) is 20.3. The van der Waals surface area contributed by atoms with Crippen molar-refractivity contribution in [2.24, 2.45) is 14.1 Å². The minimum absolute atomic E-state index is 0. The summed E-state index contributed by atoms with van der Waals surface area (Å²) in [7, 11) is 4.02. The van der Waals surface area contributed by atoms with Crippen LogP contribution >= 0.6 is 15.9 Å². The van der Waals surface area contributed by atoms with Crippen LogP contribution in [0.1, 0.15) is 36.5 Å². The van der Waals surface area contributed by atoms with Gasteiger partial charge in [-0.05, 0) is 88.4 Å². The Morgan fingerprint density at radius 2 is 1.02 bits per heavy atom. The molecule has 4 heterocycles. The van der Waals surface area contributed by atoms with Gasteiger partial charge in [-0.15, -0.1) is 0 Å². The second-order valence-electron chi connectivity index (χ2n) is 13.9. The van der Waals surface area contributed by atoms with Crippen molar-refractivity contribution in [2.75, 3.05) is 0 Å². The van der Waals surface area contributed by atoms with Gasteiger partial charge in [-0.25, -0.2) is 9.59 Å². The second-order valence-corrected chi connectivity index (χ2v) is 14.7. The average molecular weight is 808 g/mol. The van der Waals surface area contributed by atoms with Crippen LogP contribution in [0.25, 0.3) is 43.9 Å². The van der Waals surface area contributed by atoms with Gasteiger partial charge in [0.15, 0.2) is 0 Å². The normalized spacial score (nSPS) is 11.5. The summed E-state index contributed by atoms with van der Waals surface area (Å²) in [6.45, 7) is 5.33. The van der Waals surface area contributed by atoms with Crippen LogP contribution in [-0.2, 0) is 49.9 Å². The maximum Gasteiger partial charge on any atom is 0.329 e. The molecule has 0 saturated carbocycles. The zero-order valence-corrected chi connectivity index (χ0v) is 32.6. The van der Waals surface area contributed by atoms with E-state index in [0.717, 1.165) is 65.0 Å². The Kier molecular flexibility index (Phi) is 10.1. The SMILES string of the molecule is Cc1cn(C)c2c(Br)ccc(Cn3c(=O)n(CCC(=O)O)c4ccccc43)c12.Cc1cn(C)c2cccc(Cn3c(=O)n(CCC(=O)O)c4ccccc43)c12.[HH]. The van der Waals surface area contributed by atoms with Crippen molar-refractivity contribution in [3.63, 3.8) is 0 Å². The summed E-state index contributed by atoms with van der Waals surface area (Å²) < 4.78 is 11.8. The zero-order valence-electron chi connectivity index (χ0n) is 31.0. The number of hydrogen-bond acceptors (Lipinski definition) is 4. The highest BCUT2D eigenvalue weighted by molar-refractivity contribution is 9.10. The quantitative estimate of drug-likeness (QED) is 0.149. The number of aromatic nitrogens is 6. The van der Waals surface area contributed by atoms with E-state index in [0.29, 0.717) is 13.1 Å². The lowest BCUT2D eigenvalue weighted by atomic mass is 10.1. The molecule has 8 rings (SSSR count). The third-order valence-corrected chi connectivity index (χ3v) is 10.9. The highest BCUT2D eigenvalue weighted by Gasteiger charge is 2.19. The van der Waals surface area contributed by atoms with Crippen LogP contribution in [0, 0.1) is 13.8 Å². The fraction of sp³-hybridized carbons (Fsp3) is 0.238. The predicted octanol–water partition coefficient (Wildman–Crippen LogP) is 7.26. The molecule has 0 aliphatic rings. The Hall–Kier alpha value is -6.08. The molecule has 2 N–H and O–H groups in total. The van der Waals surface area contributed by atoms with Gasteiger partial charge in [0.05, 0.1) is 53.5 Å². The molecule has 0 fully saturated rings. The van der Waals surface area contributed by atoms with Crippen molar-refractivity contribution in [2.45, 2.75) is 52.9 Å². The van der Waals surface area contributed by atoms with E-state index >= 15 is 0 Å². The Balaban J connectivity index is 0.000000187. The third kappa shape index (κ3) is 6.91. The van der Waals surface area contributed by atoms with E-state index in [1.165, 1.54) is 5.56 Å². The molecule has 4 aromatic carbocycles. The predicted molar refractivity (Wildman–Crippen MR) is 220 cm³/mol. The molecule has 0 atom stereocenters. The molecule has 0 bridgehead atoms. The number of para-hydroxylation sites is 4. The molecule has 12 nitrogen and oxygen atoms in total. The summed E-state index contributed by atoms with van der Waals surface area (Å²) in [5.74, 6) is -1.83. The molecular weight excluding hydrogens is 764 g/mol. The molecule has 0 aliphatic heterocycles. The zero-order chi connectivity index (χ0) is 39.1. The Morgan fingerprint density at radius 1 is 0.582 bits per heavy atom. The van der Waals surface area contributed by atoms with Crippen LogP contribution in [0.15, 0.2) is 105 Å². The van der Waals surface area contributed by atoms with E-state index in [-0.39, 0.29) is 38.7 Å². The maximum absolute atomic E-state index is 13.1. The van der Waals surface area contributed by atoms with Gasteiger partial charge >= 0.3 is 23.3 Å². The monoisotopic (exact) mass is 806 g/mol. The second kappa shape index (κ2) is 15.0. The van der Waals surface area contributed by atoms with E-state index in [2.05, 4.69) is 57.4 Å². The summed E-state index contributed by atoms with van der Waals surface area (Å²) in [4.78, 5) is 48.2. The molecule has 0 aliphatic carbocycles. The van der Waals surface area contributed by atoms with Gasteiger partial charge in [0, 0.05) is 61.8 Å². The minimum atomic E-state index is -0.918. The van der Waals surface area contributed by atoms with Crippen molar-refractivity contribution in [1.82, 2.24) is 27.4 Å². The van der Waals surface area contributed by atoms with Crippen LogP contribution in [0.4, 0.5) is 0 Å². The number of carboxylic acids is 2. The first-order chi connectivity index (χ1) is 26.3. The molecule has 0 radical (unpaired) electrons.